The summed E-state index contributed by atoms with van der Waals surface area (Å²) in [7, 11) is 0. The number of thiazole rings is 1. The minimum absolute atomic E-state index is 0.0802. The number of ether oxygens (including phenoxy) is 1. The maximum absolute atomic E-state index is 11.2. The average molecular weight is 401 g/mol. The van der Waals surface area contributed by atoms with E-state index >= 15 is 0 Å². The van der Waals surface area contributed by atoms with Gasteiger partial charge in [-0.3, -0.25) is 24.9 Å². The molecule has 0 saturated carbocycles. The monoisotopic (exact) mass is 401 g/mol. The minimum Gasteiger partial charge on any atom is -0.494 e. The highest BCUT2D eigenvalue weighted by Gasteiger charge is 2.07. The third kappa shape index (κ3) is 5.35. The zero-order chi connectivity index (χ0) is 19.9. The highest BCUT2D eigenvalue weighted by atomic mass is 32.1. The van der Waals surface area contributed by atoms with E-state index in [1.807, 2.05) is 24.3 Å². The van der Waals surface area contributed by atoms with Crippen molar-refractivity contribution in [3.63, 3.8) is 0 Å². The average Bonchev–Trinajstić information content (AvgIpc) is 3.00. The Morgan fingerprint density at radius 1 is 1.14 bits per heavy atom. The number of hydrogen-bond donors (Lipinski definition) is 4. The summed E-state index contributed by atoms with van der Waals surface area (Å²) < 4.78 is 5.60. The number of rotatable bonds is 9. The number of aromatic hydroxyl groups is 1. The molecule has 0 spiro atoms. The number of aromatic amines is 2. The van der Waals surface area contributed by atoms with Crippen LogP contribution < -0.4 is 20.6 Å². The van der Waals surface area contributed by atoms with Crippen LogP contribution in [0.3, 0.4) is 0 Å². The highest BCUT2D eigenvalue weighted by molar-refractivity contribution is 7.09. The molecule has 0 radical (unpaired) electrons. The fourth-order valence-electron chi connectivity index (χ4n) is 2.36. The molecule has 28 heavy (non-hydrogen) atoms. The van der Waals surface area contributed by atoms with Crippen LogP contribution >= 0.6 is 11.3 Å². The smallest absolute Gasteiger partial charge is 0.307 e. The molecule has 9 heteroatoms. The van der Waals surface area contributed by atoms with E-state index in [4.69, 9.17) is 9.57 Å². The summed E-state index contributed by atoms with van der Waals surface area (Å²) in [5.41, 5.74) is 4.71. The molecule has 0 aliphatic heterocycles. The van der Waals surface area contributed by atoms with Crippen molar-refractivity contribution in [2.75, 3.05) is 13.2 Å². The number of hydroxylamine groups is 1. The molecule has 3 rings (SSSR count). The molecule has 1 aromatic carbocycles. The van der Waals surface area contributed by atoms with E-state index in [0.717, 1.165) is 22.5 Å². The molecule has 8 nitrogen and oxygen atoms in total. The van der Waals surface area contributed by atoms with Crippen molar-refractivity contribution in [1.29, 1.82) is 0 Å². The number of nitrogens with one attached hydrogen (secondary N) is 3. The topological polar surface area (TPSA) is 116 Å². The standard InChI is InChI=1S/C19H19N3O5S/c1-12(14-4-7-17(23)20-11-14)22-27-9-8-26-15-5-2-13(3-6-15)10-16-18(24)21-19(25)28-16/h2-7,11,22,24H,1,8-10H2,(H,20,23)(H,21,25). The van der Waals surface area contributed by atoms with Crippen LogP contribution in [0, 0.1) is 0 Å². The van der Waals surface area contributed by atoms with E-state index in [-0.39, 0.29) is 22.9 Å². The van der Waals surface area contributed by atoms with E-state index in [0.29, 0.717) is 29.4 Å². The lowest BCUT2D eigenvalue weighted by atomic mass is 10.1. The Labute approximate surface area is 164 Å². The molecule has 2 heterocycles. The van der Waals surface area contributed by atoms with Crippen LogP contribution in [-0.2, 0) is 11.3 Å². The Morgan fingerprint density at radius 2 is 1.93 bits per heavy atom. The molecule has 4 N–H and O–H groups in total. The van der Waals surface area contributed by atoms with E-state index in [1.54, 1.807) is 12.3 Å². The molecule has 0 aliphatic rings. The molecule has 0 aliphatic carbocycles. The number of aromatic nitrogens is 2. The van der Waals surface area contributed by atoms with Crippen molar-refractivity contribution in [1.82, 2.24) is 15.4 Å². The van der Waals surface area contributed by atoms with Crippen LogP contribution in [0.15, 0.2) is 58.8 Å². The number of H-pyrrole nitrogens is 2. The SMILES string of the molecule is C=C(NOCCOc1ccc(Cc2sc(=O)[nH]c2O)cc1)c1ccc(=O)[nH]c1. The largest absolute Gasteiger partial charge is 0.494 e. The van der Waals surface area contributed by atoms with Gasteiger partial charge in [-0.25, -0.2) is 0 Å². The fraction of sp³-hybridized carbons (Fsp3) is 0.158. The molecule has 0 saturated heterocycles. The Hall–Kier alpha value is -3.30. The highest BCUT2D eigenvalue weighted by Crippen LogP contribution is 2.21. The predicted octanol–water partition coefficient (Wildman–Crippen LogP) is 1.99. The fourth-order valence-corrected chi connectivity index (χ4v) is 3.12. The lowest BCUT2D eigenvalue weighted by Gasteiger charge is -2.11. The van der Waals surface area contributed by atoms with Gasteiger partial charge in [0.15, 0.2) is 0 Å². The lowest BCUT2D eigenvalue weighted by molar-refractivity contribution is 0.0541. The van der Waals surface area contributed by atoms with E-state index in [2.05, 4.69) is 22.0 Å². The number of pyridine rings is 1. The summed E-state index contributed by atoms with van der Waals surface area (Å²) in [4.78, 5) is 32.8. The second-order valence-corrected chi connectivity index (χ2v) is 6.89. The normalized spacial score (nSPS) is 10.6. The first-order chi connectivity index (χ1) is 13.5. The second-order valence-electron chi connectivity index (χ2n) is 5.83. The molecule has 0 amide bonds. The quantitative estimate of drug-likeness (QED) is 0.322. The maximum atomic E-state index is 11.2. The number of benzene rings is 1. The van der Waals surface area contributed by atoms with Gasteiger partial charge in [0.05, 0.1) is 10.6 Å². The lowest BCUT2D eigenvalue weighted by Crippen LogP contribution is -2.18. The van der Waals surface area contributed by atoms with Gasteiger partial charge >= 0.3 is 4.87 Å². The van der Waals surface area contributed by atoms with Gasteiger partial charge < -0.3 is 14.8 Å². The Kier molecular flexibility index (Phi) is 6.30. The Balaban J connectivity index is 1.39. The van der Waals surface area contributed by atoms with Gasteiger partial charge in [-0.1, -0.05) is 30.0 Å². The second kappa shape index (κ2) is 9.07. The molecule has 3 aromatic rings. The van der Waals surface area contributed by atoms with Crippen LogP contribution in [-0.4, -0.2) is 28.3 Å². The molecule has 0 fully saturated rings. The Bertz CT molecular complexity index is 1030. The van der Waals surface area contributed by atoms with Gasteiger partial charge in [0.2, 0.25) is 11.4 Å². The summed E-state index contributed by atoms with van der Waals surface area (Å²) in [6.45, 7) is 4.44. The van der Waals surface area contributed by atoms with Crippen LogP contribution in [0.2, 0.25) is 0 Å². The summed E-state index contributed by atoms with van der Waals surface area (Å²) in [5.74, 6) is 0.599. The molecule has 146 valence electrons. The summed E-state index contributed by atoms with van der Waals surface area (Å²) in [6.07, 6.45) is 2.01. The van der Waals surface area contributed by atoms with Gasteiger partial charge in [-0.05, 0) is 23.8 Å². The van der Waals surface area contributed by atoms with E-state index < -0.39 is 0 Å². The molecular weight excluding hydrogens is 382 g/mol. The van der Waals surface area contributed by atoms with Gasteiger partial charge in [0.1, 0.15) is 19.0 Å². The van der Waals surface area contributed by atoms with Crippen molar-refractivity contribution in [2.24, 2.45) is 0 Å². The maximum Gasteiger partial charge on any atom is 0.307 e. The van der Waals surface area contributed by atoms with Crippen molar-refractivity contribution >= 4 is 17.0 Å². The zero-order valence-corrected chi connectivity index (χ0v) is 15.7. The minimum atomic E-state index is -0.274. The van der Waals surface area contributed by atoms with Gasteiger partial charge in [0, 0.05) is 24.2 Å². The zero-order valence-electron chi connectivity index (χ0n) is 14.9. The van der Waals surface area contributed by atoms with Gasteiger partial charge in [-0.2, -0.15) is 0 Å². The van der Waals surface area contributed by atoms with Crippen molar-refractivity contribution in [2.45, 2.75) is 6.42 Å². The molecule has 2 aromatic heterocycles. The van der Waals surface area contributed by atoms with Crippen LogP contribution in [0.1, 0.15) is 16.0 Å². The Morgan fingerprint density at radius 3 is 2.57 bits per heavy atom. The first-order valence-electron chi connectivity index (χ1n) is 8.40. The van der Waals surface area contributed by atoms with Gasteiger partial charge in [0.25, 0.3) is 0 Å². The summed E-state index contributed by atoms with van der Waals surface area (Å²) in [5, 5.41) is 9.63. The summed E-state index contributed by atoms with van der Waals surface area (Å²) in [6, 6.07) is 10.4. The molecule has 0 bridgehead atoms. The first-order valence-corrected chi connectivity index (χ1v) is 9.21. The molecule has 0 unspecified atom stereocenters. The third-order valence-electron chi connectivity index (χ3n) is 3.77. The third-order valence-corrected chi connectivity index (χ3v) is 4.64. The first kappa shape index (κ1) is 19.5. The molecule has 0 atom stereocenters. The molecular formula is C19H19N3O5S. The number of hydrogen-bond acceptors (Lipinski definition) is 7. The van der Waals surface area contributed by atoms with Crippen LogP contribution in [0.5, 0.6) is 11.6 Å². The van der Waals surface area contributed by atoms with Crippen molar-refractivity contribution < 1.29 is 14.7 Å². The summed E-state index contributed by atoms with van der Waals surface area (Å²) >= 11 is 0.994. The van der Waals surface area contributed by atoms with Crippen molar-refractivity contribution in [3.05, 3.63) is 85.2 Å². The van der Waals surface area contributed by atoms with E-state index in [9.17, 15) is 14.7 Å². The van der Waals surface area contributed by atoms with Crippen LogP contribution in [0.4, 0.5) is 0 Å². The van der Waals surface area contributed by atoms with Gasteiger partial charge in [-0.15, -0.1) is 0 Å². The predicted molar refractivity (Wildman–Crippen MR) is 107 cm³/mol. The van der Waals surface area contributed by atoms with E-state index in [1.165, 1.54) is 6.07 Å². The van der Waals surface area contributed by atoms with Crippen molar-refractivity contribution in [3.8, 4) is 11.6 Å². The van der Waals surface area contributed by atoms with Crippen LogP contribution in [0.25, 0.3) is 5.70 Å².